The van der Waals surface area contributed by atoms with Gasteiger partial charge in [0.15, 0.2) is 0 Å². The third-order valence-electron chi connectivity index (χ3n) is 8.11. The predicted octanol–water partition coefficient (Wildman–Crippen LogP) is 5.90. The number of aromatic nitrogens is 3. The number of imidazole rings is 1. The normalized spacial score (nSPS) is 16.0. The van der Waals surface area contributed by atoms with Crippen molar-refractivity contribution in [2.75, 3.05) is 33.9 Å². The van der Waals surface area contributed by atoms with E-state index >= 15 is 0 Å². The van der Waals surface area contributed by atoms with Crippen molar-refractivity contribution in [2.45, 2.75) is 51.5 Å². The van der Waals surface area contributed by atoms with E-state index < -0.39 is 5.97 Å². The van der Waals surface area contributed by atoms with Crippen molar-refractivity contribution in [3.8, 4) is 11.1 Å². The average molecular weight is 569 g/mol. The Morgan fingerprint density at radius 2 is 1.81 bits per heavy atom. The first-order valence-corrected chi connectivity index (χ1v) is 14.8. The highest BCUT2D eigenvalue weighted by Gasteiger charge is 2.29. The van der Waals surface area contributed by atoms with Crippen molar-refractivity contribution in [3.63, 3.8) is 0 Å². The van der Waals surface area contributed by atoms with Gasteiger partial charge in [-0.05, 0) is 60.9 Å². The predicted molar refractivity (Wildman–Crippen MR) is 163 cm³/mol. The number of piperidine rings is 1. The average Bonchev–Trinajstić information content (AvgIpc) is 3.40. The summed E-state index contributed by atoms with van der Waals surface area (Å²) in [6.45, 7) is 5.25. The maximum absolute atomic E-state index is 13.4. The molecule has 0 N–H and O–H groups in total. The zero-order chi connectivity index (χ0) is 29.5. The fourth-order valence-electron chi connectivity index (χ4n) is 5.95. The maximum Gasteiger partial charge on any atom is 0.356 e. The van der Waals surface area contributed by atoms with Gasteiger partial charge in [0.05, 0.1) is 18.1 Å². The van der Waals surface area contributed by atoms with Crippen molar-refractivity contribution in [1.82, 2.24) is 19.4 Å². The zero-order valence-electron chi connectivity index (χ0n) is 24.8. The minimum Gasteiger partial charge on any atom is -0.464 e. The first kappa shape index (κ1) is 29.5. The van der Waals surface area contributed by atoms with Gasteiger partial charge in [0.25, 0.3) is 0 Å². The molecule has 1 aliphatic rings. The second kappa shape index (κ2) is 13.7. The van der Waals surface area contributed by atoms with Crippen LogP contribution in [0.5, 0.6) is 0 Å². The fourth-order valence-corrected chi connectivity index (χ4v) is 5.95. The number of hydrogen-bond acceptors (Lipinski definition) is 6. The third-order valence-corrected chi connectivity index (χ3v) is 8.11. The summed E-state index contributed by atoms with van der Waals surface area (Å²) in [5.74, 6) is 1.33. The summed E-state index contributed by atoms with van der Waals surface area (Å²) in [6, 6.07) is 20.2. The number of aryl methyl sites for hydroxylation is 1. The molecule has 1 saturated heterocycles. The molecule has 0 unspecified atom stereocenters. The van der Waals surface area contributed by atoms with Gasteiger partial charge in [-0.25, -0.2) is 14.8 Å². The number of amides is 1. The Bertz CT molecular complexity index is 1500. The van der Waals surface area contributed by atoms with Gasteiger partial charge in [-0.2, -0.15) is 0 Å². The highest BCUT2D eigenvalue weighted by Crippen LogP contribution is 2.30. The summed E-state index contributed by atoms with van der Waals surface area (Å²) in [6.07, 6.45) is 6.00. The second-order valence-corrected chi connectivity index (χ2v) is 11.3. The van der Waals surface area contributed by atoms with Crippen molar-refractivity contribution >= 4 is 22.9 Å². The van der Waals surface area contributed by atoms with E-state index in [1.54, 1.807) is 19.4 Å². The van der Waals surface area contributed by atoms with Crippen molar-refractivity contribution in [3.05, 3.63) is 83.9 Å². The molecule has 0 radical (unpaired) electrons. The van der Waals surface area contributed by atoms with Crippen LogP contribution in [0.4, 0.5) is 0 Å². The summed E-state index contributed by atoms with van der Waals surface area (Å²) >= 11 is 0. The van der Waals surface area contributed by atoms with Gasteiger partial charge in [0.1, 0.15) is 11.5 Å². The lowest BCUT2D eigenvalue weighted by Gasteiger charge is -2.33. The summed E-state index contributed by atoms with van der Waals surface area (Å²) in [4.78, 5) is 36.3. The number of nitrogens with zero attached hydrogens (tertiary/aromatic N) is 4. The number of hydrogen-bond donors (Lipinski definition) is 0. The lowest BCUT2D eigenvalue weighted by molar-refractivity contribution is -0.133. The van der Waals surface area contributed by atoms with Crippen LogP contribution in [0.15, 0.2) is 66.9 Å². The lowest BCUT2D eigenvalue weighted by Crippen LogP contribution is -2.40. The Morgan fingerprint density at radius 1 is 1.02 bits per heavy atom. The number of esters is 1. The number of carbonyl (C=O) groups is 2. The fraction of sp³-hybridized carbons (Fsp3) is 0.412. The van der Waals surface area contributed by atoms with Gasteiger partial charge in [0, 0.05) is 57.4 Å². The van der Waals surface area contributed by atoms with E-state index in [0.29, 0.717) is 13.0 Å². The number of methoxy groups -OCH3 is 2. The SMILES string of the molecule is COCCCn1c([C@@H]2CCCN(C(=O)C[C@H](C)Cc3ccc(-c4ccc(C(=O)OC)nc4)cc3)C2)nc2ccccc21. The third kappa shape index (κ3) is 6.87. The molecule has 1 amide bonds. The number of ether oxygens (including phenoxy) is 2. The number of rotatable bonds is 11. The monoisotopic (exact) mass is 568 g/mol. The van der Waals surface area contributed by atoms with Crippen LogP contribution in [0.2, 0.25) is 0 Å². The van der Waals surface area contributed by atoms with Crippen LogP contribution >= 0.6 is 0 Å². The highest BCUT2D eigenvalue weighted by atomic mass is 16.5. The van der Waals surface area contributed by atoms with E-state index in [0.717, 1.165) is 73.3 Å². The van der Waals surface area contributed by atoms with Crippen molar-refractivity contribution in [2.24, 2.45) is 5.92 Å². The number of para-hydroxylation sites is 2. The van der Waals surface area contributed by atoms with Gasteiger partial charge >= 0.3 is 5.97 Å². The quantitative estimate of drug-likeness (QED) is 0.166. The molecule has 0 aliphatic carbocycles. The molecular formula is C34H40N4O4. The number of carbonyl (C=O) groups excluding carboxylic acids is 2. The van der Waals surface area contributed by atoms with E-state index in [9.17, 15) is 9.59 Å². The van der Waals surface area contributed by atoms with E-state index in [1.807, 2.05) is 12.1 Å². The molecule has 8 nitrogen and oxygen atoms in total. The minimum absolute atomic E-state index is 0.225. The standard InChI is InChI=1S/C34H40N4O4/c1-24(20-25-11-13-26(14-12-25)27-15-16-30(35-22-27)34(40)42-3)21-32(39)37-17-6-8-28(23-37)33-36-29-9-4-5-10-31(29)38(33)18-7-19-41-2/h4-5,9-16,22,24,28H,6-8,17-21,23H2,1-3H3/t24-,28-/m1/s1. The molecule has 0 bridgehead atoms. The van der Waals surface area contributed by atoms with Crippen LogP contribution in [0.25, 0.3) is 22.2 Å². The first-order valence-electron chi connectivity index (χ1n) is 14.8. The largest absolute Gasteiger partial charge is 0.464 e. The van der Waals surface area contributed by atoms with Crippen LogP contribution in [0.3, 0.4) is 0 Å². The Hall–Kier alpha value is -4.04. The summed E-state index contributed by atoms with van der Waals surface area (Å²) in [5, 5.41) is 0. The number of fused-ring (bicyclic) bond motifs is 1. The molecule has 5 rings (SSSR count). The molecular weight excluding hydrogens is 528 g/mol. The smallest absolute Gasteiger partial charge is 0.356 e. The van der Waals surface area contributed by atoms with Crippen LogP contribution in [-0.4, -0.2) is 65.2 Å². The van der Waals surface area contributed by atoms with Gasteiger partial charge in [-0.1, -0.05) is 49.4 Å². The van der Waals surface area contributed by atoms with Gasteiger partial charge < -0.3 is 18.9 Å². The Morgan fingerprint density at radius 3 is 2.55 bits per heavy atom. The highest BCUT2D eigenvalue weighted by molar-refractivity contribution is 5.87. The summed E-state index contributed by atoms with van der Waals surface area (Å²) in [5.41, 5.74) is 5.61. The van der Waals surface area contributed by atoms with E-state index in [4.69, 9.17) is 14.5 Å². The summed E-state index contributed by atoms with van der Waals surface area (Å²) < 4.78 is 12.4. The molecule has 1 aliphatic heterocycles. The summed E-state index contributed by atoms with van der Waals surface area (Å²) in [7, 11) is 3.08. The molecule has 4 aromatic rings. The number of likely N-dealkylation sites (tertiary alicyclic amines) is 1. The molecule has 0 saturated carbocycles. The number of pyridine rings is 1. The Labute approximate surface area is 247 Å². The molecule has 220 valence electrons. The van der Waals surface area contributed by atoms with Gasteiger partial charge in [-0.15, -0.1) is 0 Å². The molecule has 2 aromatic carbocycles. The zero-order valence-corrected chi connectivity index (χ0v) is 24.8. The Balaban J connectivity index is 1.19. The molecule has 42 heavy (non-hydrogen) atoms. The lowest BCUT2D eigenvalue weighted by atomic mass is 9.93. The van der Waals surface area contributed by atoms with Crippen molar-refractivity contribution in [1.29, 1.82) is 0 Å². The van der Waals surface area contributed by atoms with Crippen LogP contribution in [0.1, 0.15) is 60.4 Å². The maximum atomic E-state index is 13.4. The van der Waals surface area contributed by atoms with E-state index in [2.05, 4.69) is 63.8 Å². The number of benzene rings is 2. The van der Waals surface area contributed by atoms with Crippen LogP contribution < -0.4 is 0 Å². The van der Waals surface area contributed by atoms with E-state index in [1.165, 1.54) is 12.7 Å². The molecule has 0 spiro atoms. The topological polar surface area (TPSA) is 86.5 Å². The molecule has 1 fully saturated rings. The molecule has 8 heteroatoms. The van der Waals surface area contributed by atoms with E-state index in [-0.39, 0.29) is 23.4 Å². The first-order chi connectivity index (χ1) is 20.5. The van der Waals surface area contributed by atoms with Crippen molar-refractivity contribution < 1.29 is 19.1 Å². The van der Waals surface area contributed by atoms with Gasteiger partial charge in [0.2, 0.25) is 5.91 Å². The Kier molecular flexibility index (Phi) is 9.64. The molecule has 2 aromatic heterocycles. The minimum atomic E-state index is -0.446. The van der Waals surface area contributed by atoms with Crippen LogP contribution in [-0.2, 0) is 27.2 Å². The van der Waals surface area contributed by atoms with Crippen LogP contribution in [0, 0.1) is 5.92 Å². The molecule has 2 atom stereocenters. The van der Waals surface area contributed by atoms with Gasteiger partial charge in [-0.3, -0.25) is 4.79 Å². The second-order valence-electron chi connectivity index (χ2n) is 11.3. The molecule has 3 heterocycles.